The van der Waals surface area contributed by atoms with Gasteiger partial charge in [0.2, 0.25) is 5.91 Å². The molecule has 1 amide bonds. The van der Waals surface area contributed by atoms with Crippen LogP contribution in [0.1, 0.15) is 17.9 Å². The van der Waals surface area contributed by atoms with Gasteiger partial charge in [0.1, 0.15) is 11.6 Å². The van der Waals surface area contributed by atoms with E-state index in [-0.39, 0.29) is 17.7 Å². The second-order valence-electron chi connectivity index (χ2n) is 7.67. The molecule has 3 aromatic heterocycles. The number of hydrogen-bond acceptors (Lipinski definition) is 5. The van der Waals surface area contributed by atoms with Gasteiger partial charge in [-0.25, -0.2) is 9.97 Å². The molecule has 1 saturated carbocycles. The molecule has 4 aromatic rings. The van der Waals surface area contributed by atoms with Gasteiger partial charge >= 0.3 is 0 Å². The highest BCUT2D eigenvalue weighted by molar-refractivity contribution is 6.39. The SMILES string of the molecule is Cn1cc([C@H]2C[C@@H]2C(=O)Nc2cc3cc(-c4c(Cl)cccc4Cl)nc(N)c3cn2)cn1. The number of carbonyl (C=O) groups is 1. The van der Waals surface area contributed by atoms with Crippen LogP contribution in [0.4, 0.5) is 11.6 Å². The van der Waals surface area contributed by atoms with Crippen molar-refractivity contribution < 1.29 is 4.79 Å². The molecule has 0 aliphatic heterocycles. The zero-order chi connectivity index (χ0) is 21.7. The zero-order valence-corrected chi connectivity index (χ0v) is 18.0. The molecule has 156 valence electrons. The summed E-state index contributed by atoms with van der Waals surface area (Å²) >= 11 is 12.7. The van der Waals surface area contributed by atoms with Crippen molar-refractivity contribution in [1.29, 1.82) is 0 Å². The van der Waals surface area contributed by atoms with Crippen molar-refractivity contribution in [3.05, 3.63) is 64.5 Å². The number of aryl methyl sites for hydroxylation is 1. The zero-order valence-electron chi connectivity index (χ0n) is 16.5. The molecular weight excluding hydrogens is 435 g/mol. The van der Waals surface area contributed by atoms with Crippen molar-refractivity contribution in [2.45, 2.75) is 12.3 Å². The molecule has 31 heavy (non-hydrogen) atoms. The van der Waals surface area contributed by atoms with Gasteiger partial charge < -0.3 is 11.1 Å². The van der Waals surface area contributed by atoms with Gasteiger partial charge in [-0.2, -0.15) is 5.10 Å². The Morgan fingerprint density at radius 3 is 2.71 bits per heavy atom. The van der Waals surface area contributed by atoms with E-state index in [1.807, 2.05) is 25.5 Å². The first-order chi connectivity index (χ1) is 14.9. The molecule has 5 rings (SSSR count). The molecule has 3 heterocycles. The third kappa shape index (κ3) is 3.71. The Morgan fingerprint density at radius 2 is 2.00 bits per heavy atom. The third-order valence-corrected chi connectivity index (χ3v) is 6.13. The van der Waals surface area contributed by atoms with Crippen molar-refractivity contribution >= 4 is 51.5 Å². The summed E-state index contributed by atoms with van der Waals surface area (Å²) < 4.78 is 1.74. The van der Waals surface area contributed by atoms with E-state index in [4.69, 9.17) is 28.9 Å². The van der Waals surface area contributed by atoms with Crippen LogP contribution in [0.15, 0.2) is 48.9 Å². The lowest BCUT2D eigenvalue weighted by molar-refractivity contribution is -0.117. The number of aromatic nitrogens is 4. The first-order valence-corrected chi connectivity index (χ1v) is 10.5. The van der Waals surface area contributed by atoms with Crippen molar-refractivity contribution in [3.8, 4) is 11.3 Å². The summed E-state index contributed by atoms with van der Waals surface area (Å²) in [5, 5.41) is 9.52. The normalized spacial score (nSPS) is 17.6. The molecule has 1 fully saturated rings. The van der Waals surface area contributed by atoms with Gasteiger partial charge in [-0.3, -0.25) is 9.48 Å². The summed E-state index contributed by atoms with van der Waals surface area (Å²) in [6.07, 6.45) is 6.17. The van der Waals surface area contributed by atoms with Gasteiger partial charge in [0, 0.05) is 36.3 Å². The average molecular weight is 453 g/mol. The van der Waals surface area contributed by atoms with Crippen LogP contribution in [-0.2, 0) is 11.8 Å². The van der Waals surface area contributed by atoms with Gasteiger partial charge in [-0.1, -0.05) is 29.3 Å². The fraction of sp³-hybridized carbons (Fsp3) is 0.182. The molecule has 0 radical (unpaired) electrons. The van der Waals surface area contributed by atoms with Crippen LogP contribution in [0.25, 0.3) is 22.0 Å². The summed E-state index contributed by atoms with van der Waals surface area (Å²) in [6, 6.07) is 8.88. The summed E-state index contributed by atoms with van der Waals surface area (Å²) in [4.78, 5) is 21.5. The first kappa shape index (κ1) is 19.8. The maximum atomic E-state index is 12.7. The van der Waals surface area contributed by atoms with Crippen LogP contribution < -0.4 is 11.1 Å². The van der Waals surface area contributed by atoms with Gasteiger partial charge in [-0.05, 0) is 47.6 Å². The molecule has 0 spiro atoms. The molecule has 0 unspecified atom stereocenters. The van der Waals surface area contributed by atoms with Crippen LogP contribution in [0.3, 0.4) is 0 Å². The number of carbonyl (C=O) groups excluding carboxylic acids is 1. The average Bonchev–Trinajstić information content (AvgIpc) is 3.41. The Bertz CT molecular complexity index is 1310. The maximum Gasteiger partial charge on any atom is 0.229 e. The van der Waals surface area contributed by atoms with Crippen LogP contribution >= 0.6 is 23.2 Å². The van der Waals surface area contributed by atoms with Crippen LogP contribution in [0, 0.1) is 5.92 Å². The number of nitrogens with two attached hydrogens (primary N) is 1. The lowest BCUT2D eigenvalue weighted by atomic mass is 10.1. The Balaban J connectivity index is 1.42. The number of benzene rings is 1. The molecule has 1 aliphatic rings. The maximum absolute atomic E-state index is 12.7. The van der Waals surface area contributed by atoms with E-state index in [9.17, 15) is 4.79 Å². The molecule has 7 nitrogen and oxygen atoms in total. The van der Waals surface area contributed by atoms with Gasteiger partial charge in [-0.15, -0.1) is 0 Å². The second-order valence-corrected chi connectivity index (χ2v) is 8.48. The number of amides is 1. The number of hydrogen-bond donors (Lipinski definition) is 2. The van der Waals surface area contributed by atoms with Crippen LogP contribution in [0.5, 0.6) is 0 Å². The number of nitrogens with one attached hydrogen (secondary N) is 1. The van der Waals surface area contributed by atoms with Crippen LogP contribution in [-0.4, -0.2) is 25.7 Å². The van der Waals surface area contributed by atoms with Gasteiger partial charge in [0.05, 0.1) is 21.9 Å². The Kier molecular flexibility index (Phi) is 4.79. The standard InChI is InChI=1S/C22H18Cl2N6O/c1-30-10-12(8-27-30)13-7-14(13)22(31)29-19-6-11-5-18(28-21(25)15(11)9-26-19)20-16(23)3-2-4-17(20)24/h2-6,8-10,13-14H,7H2,1H3,(H2,25,28)(H,26,29,31)/t13-,14+/m1/s1. The minimum atomic E-state index is -0.0818. The Morgan fingerprint density at radius 1 is 1.23 bits per heavy atom. The number of fused-ring (bicyclic) bond motifs is 1. The van der Waals surface area contributed by atoms with E-state index in [0.29, 0.717) is 38.3 Å². The minimum absolute atomic E-state index is 0.0582. The number of pyridine rings is 2. The monoisotopic (exact) mass is 452 g/mol. The minimum Gasteiger partial charge on any atom is -0.383 e. The van der Waals surface area contributed by atoms with Gasteiger partial charge in [0.15, 0.2) is 0 Å². The van der Waals surface area contributed by atoms with Crippen molar-refractivity contribution in [2.75, 3.05) is 11.1 Å². The van der Waals surface area contributed by atoms with Crippen LogP contribution in [0.2, 0.25) is 10.0 Å². The number of halogens is 2. The summed E-state index contributed by atoms with van der Waals surface area (Å²) in [7, 11) is 1.87. The summed E-state index contributed by atoms with van der Waals surface area (Å²) in [5.74, 6) is 0.825. The molecule has 0 saturated heterocycles. The largest absolute Gasteiger partial charge is 0.383 e. The lowest BCUT2D eigenvalue weighted by Gasteiger charge is -2.11. The summed E-state index contributed by atoms with van der Waals surface area (Å²) in [6.45, 7) is 0. The molecular formula is C22H18Cl2N6O. The van der Waals surface area contributed by atoms with E-state index in [1.54, 1.807) is 35.1 Å². The van der Waals surface area contributed by atoms with Gasteiger partial charge in [0.25, 0.3) is 0 Å². The topological polar surface area (TPSA) is 98.7 Å². The Labute approximate surface area is 188 Å². The van der Waals surface area contributed by atoms with E-state index < -0.39 is 0 Å². The lowest BCUT2D eigenvalue weighted by Crippen LogP contribution is -2.15. The fourth-order valence-electron chi connectivity index (χ4n) is 3.82. The van der Waals surface area contributed by atoms with E-state index in [0.717, 1.165) is 17.4 Å². The molecule has 1 aromatic carbocycles. The number of nitrogens with zero attached hydrogens (tertiary/aromatic N) is 4. The number of nitrogen functional groups attached to an aromatic ring is 1. The molecule has 9 heteroatoms. The van der Waals surface area contributed by atoms with Crippen molar-refractivity contribution in [1.82, 2.24) is 19.7 Å². The smallest absolute Gasteiger partial charge is 0.229 e. The predicted molar refractivity (Wildman–Crippen MR) is 122 cm³/mol. The third-order valence-electron chi connectivity index (χ3n) is 5.50. The quantitative estimate of drug-likeness (QED) is 0.468. The molecule has 0 bridgehead atoms. The molecule has 1 aliphatic carbocycles. The fourth-order valence-corrected chi connectivity index (χ4v) is 4.41. The first-order valence-electron chi connectivity index (χ1n) is 9.71. The number of rotatable bonds is 4. The van der Waals surface area contributed by atoms with E-state index in [2.05, 4.69) is 20.4 Å². The highest BCUT2D eigenvalue weighted by atomic mass is 35.5. The molecule has 3 N–H and O–H groups in total. The van der Waals surface area contributed by atoms with Crippen molar-refractivity contribution in [3.63, 3.8) is 0 Å². The summed E-state index contributed by atoms with van der Waals surface area (Å²) in [5.41, 5.74) is 8.40. The predicted octanol–water partition coefficient (Wildman–Crippen LogP) is 4.66. The number of anilines is 2. The van der Waals surface area contributed by atoms with E-state index in [1.165, 1.54) is 0 Å². The van der Waals surface area contributed by atoms with E-state index >= 15 is 0 Å². The second kappa shape index (κ2) is 7.51. The Hall–Kier alpha value is -3.16. The highest BCUT2D eigenvalue weighted by Gasteiger charge is 2.44. The molecule has 2 atom stereocenters. The van der Waals surface area contributed by atoms with Crippen molar-refractivity contribution in [2.24, 2.45) is 13.0 Å². The highest BCUT2D eigenvalue weighted by Crippen LogP contribution is 2.47.